The summed E-state index contributed by atoms with van der Waals surface area (Å²) in [6, 6.07) is 2.04. The van der Waals surface area contributed by atoms with Gasteiger partial charge in [0.1, 0.15) is 6.10 Å². The number of fused-ring (bicyclic) bond motifs is 1. The van der Waals surface area contributed by atoms with Gasteiger partial charge in [-0.3, -0.25) is 0 Å². The molecular weight excluding hydrogens is 396 g/mol. The monoisotopic (exact) mass is 438 g/mol. The Balaban J connectivity index is 2.65. The molecule has 0 bridgehead atoms. The fraction of sp³-hybridized carbons (Fsp3) is 0.760. The Bertz CT molecular complexity index is 704. The molecule has 31 heavy (non-hydrogen) atoms. The van der Waals surface area contributed by atoms with Gasteiger partial charge < -0.3 is 28.4 Å². The second-order valence-corrected chi connectivity index (χ2v) is 9.18. The van der Waals surface area contributed by atoms with Crippen LogP contribution in [0.2, 0.25) is 0 Å². The average molecular weight is 439 g/mol. The van der Waals surface area contributed by atoms with E-state index in [0.29, 0.717) is 23.5 Å². The Morgan fingerprint density at radius 1 is 0.871 bits per heavy atom. The Labute approximate surface area is 188 Å². The molecule has 2 rings (SSSR count). The number of benzene rings is 1. The molecule has 0 N–H and O–H groups in total. The van der Waals surface area contributed by atoms with Gasteiger partial charge >= 0.3 is 0 Å². The number of methoxy groups -OCH3 is 4. The minimum absolute atomic E-state index is 0.0122. The third kappa shape index (κ3) is 5.47. The molecule has 0 aromatic heterocycles. The van der Waals surface area contributed by atoms with Crippen molar-refractivity contribution in [3.05, 3.63) is 17.2 Å². The molecule has 6 nitrogen and oxygen atoms in total. The maximum Gasteiger partial charge on any atom is 0.231 e. The third-order valence-corrected chi connectivity index (χ3v) is 6.95. The molecule has 1 aromatic carbocycles. The van der Waals surface area contributed by atoms with Gasteiger partial charge in [0.15, 0.2) is 11.5 Å². The number of ether oxygens (including phenoxy) is 6. The smallest absolute Gasteiger partial charge is 0.231 e. The van der Waals surface area contributed by atoms with Crippen LogP contribution < -0.4 is 14.2 Å². The number of rotatable bonds is 12. The first-order chi connectivity index (χ1) is 14.7. The van der Waals surface area contributed by atoms with Crippen molar-refractivity contribution in [1.82, 2.24) is 0 Å². The van der Waals surface area contributed by atoms with Crippen molar-refractivity contribution in [3.63, 3.8) is 0 Å². The van der Waals surface area contributed by atoms with E-state index >= 15 is 0 Å². The second-order valence-electron chi connectivity index (χ2n) is 9.18. The van der Waals surface area contributed by atoms with Crippen molar-refractivity contribution in [1.29, 1.82) is 0 Å². The number of aryl methyl sites for hydroxylation is 1. The van der Waals surface area contributed by atoms with E-state index in [1.807, 2.05) is 13.0 Å². The first-order valence-corrected chi connectivity index (χ1v) is 11.3. The zero-order valence-corrected chi connectivity index (χ0v) is 21.0. The highest BCUT2D eigenvalue weighted by Gasteiger charge is 2.41. The van der Waals surface area contributed by atoms with Gasteiger partial charge in [-0.05, 0) is 49.7 Å². The molecule has 1 heterocycles. The molecule has 6 atom stereocenters. The summed E-state index contributed by atoms with van der Waals surface area (Å²) in [5, 5.41) is 0. The lowest BCUT2D eigenvalue weighted by molar-refractivity contribution is -0.115. The zero-order chi connectivity index (χ0) is 23.3. The summed E-state index contributed by atoms with van der Waals surface area (Å²) in [5.74, 6) is 3.60. The largest absolute Gasteiger partial charge is 0.492 e. The van der Waals surface area contributed by atoms with Gasteiger partial charge in [0.25, 0.3) is 0 Å². The lowest BCUT2D eigenvalue weighted by Crippen LogP contribution is -2.45. The van der Waals surface area contributed by atoms with E-state index in [1.54, 1.807) is 28.4 Å². The van der Waals surface area contributed by atoms with Gasteiger partial charge in [0.05, 0.1) is 19.3 Å². The van der Waals surface area contributed by atoms with Crippen LogP contribution in [-0.2, 0) is 14.2 Å². The number of hydrogen-bond acceptors (Lipinski definition) is 6. The molecule has 0 radical (unpaired) electrons. The molecule has 1 aliphatic rings. The summed E-state index contributed by atoms with van der Waals surface area (Å²) in [7, 11) is 6.86. The van der Waals surface area contributed by atoms with Crippen molar-refractivity contribution in [3.8, 4) is 17.2 Å². The number of hydrogen-bond donors (Lipinski definition) is 0. The molecular formula is C25H42O6. The predicted molar refractivity (Wildman–Crippen MR) is 122 cm³/mol. The first-order valence-electron chi connectivity index (χ1n) is 11.3. The lowest BCUT2D eigenvalue weighted by atomic mass is 9.73. The van der Waals surface area contributed by atoms with Crippen molar-refractivity contribution >= 4 is 0 Å². The Hall–Kier alpha value is -1.50. The summed E-state index contributed by atoms with van der Waals surface area (Å²) in [5.41, 5.74) is 2.18. The fourth-order valence-corrected chi connectivity index (χ4v) is 4.76. The SMILES string of the molecule is COc1c2c(cc(C)c1C(C(C)CC(C)C(C)C)C(OC)C(OC)C(C)OC)OCO2. The van der Waals surface area contributed by atoms with Crippen molar-refractivity contribution in [2.75, 3.05) is 35.2 Å². The summed E-state index contributed by atoms with van der Waals surface area (Å²) >= 11 is 0. The summed E-state index contributed by atoms with van der Waals surface area (Å²) < 4.78 is 35.1. The lowest BCUT2D eigenvalue weighted by Gasteiger charge is -2.39. The molecule has 0 amide bonds. The van der Waals surface area contributed by atoms with E-state index in [1.165, 1.54) is 0 Å². The van der Waals surface area contributed by atoms with Crippen LogP contribution in [-0.4, -0.2) is 53.5 Å². The van der Waals surface area contributed by atoms with Crippen molar-refractivity contribution in [2.45, 2.75) is 72.2 Å². The van der Waals surface area contributed by atoms with Crippen LogP contribution in [0.5, 0.6) is 17.2 Å². The zero-order valence-electron chi connectivity index (χ0n) is 21.0. The minimum atomic E-state index is -0.244. The molecule has 0 spiro atoms. The normalized spacial score (nSPS) is 19.1. The van der Waals surface area contributed by atoms with E-state index < -0.39 is 0 Å². The second kappa shape index (κ2) is 11.4. The molecule has 1 aliphatic heterocycles. The van der Waals surface area contributed by atoms with E-state index in [0.717, 1.165) is 29.0 Å². The van der Waals surface area contributed by atoms with E-state index in [2.05, 4.69) is 34.6 Å². The molecule has 1 aromatic rings. The van der Waals surface area contributed by atoms with Crippen LogP contribution >= 0.6 is 0 Å². The van der Waals surface area contributed by atoms with Crippen molar-refractivity contribution in [2.24, 2.45) is 17.8 Å². The van der Waals surface area contributed by atoms with Crippen LogP contribution in [0.1, 0.15) is 58.1 Å². The van der Waals surface area contributed by atoms with Gasteiger partial charge in [0.2, 0.25) is 12.5 Å². The maximum absolute atomic E-state index is 6.15. The van der Waals surface area contributed by atoms with Gasteiger partial charge in [-0.2, -0.15) is 0 Å². The molecule has 6 heteroatoms. The standard InChI is InChI=1S/C25H42O6/c1-14(2)15(3)11-16(4)20(24(28-9)22(27-8)18(6)26-7)21-17(5)12-19-23(25(21)29-10)31-13-30-19/h12,14-16,18,20,22,24H,11,13H2,1-10H3. The topological polar surface area (TPSA) is 55.4 Å². The molecule has 6 unspecified atom stereocenters. The Morgan fingerprint density at radius 2 is 1.52 bits per heavy atom. The van der Waals surface area contributed by atoms with E-state index in [9.17, 15) is 0 Å². The summed E-state index contributed by atoms with van der Waals surface area (Å²) in [4.78, 5) is 0. The van der Waals surface area contributed by atoms with Crippen LogP contribution in [0.3, 0.4) is 0 Å². The molecule has 0 fully saturated rings. The molecule has 0 aliphatic carbocycles. The highest BCUT2D eigenvalue weighted by molar-refractivity contribution is 5.61. The van der Waals surface area contributed by atoms with Gasteiger partial charge in [-0.25, -0.2) is 0 Å². The fourth-order valence-electron chi connectivity index (χ4n) is 4.76. The summed E-state index contributed by atoms with van der Waals surface area (Å²) in [6.45, 7) is 13.5. The summed E-state index contributed by atoms with van der Waals surface area (Å²) in [6.07, 6.45) is 0.443. The molecule has 178 valence electrons. The molecule has 0 saturated heterocycles. The Kier molecular flexibility index (Phi) is 9.46. The third-order valence-electron chi connectivity index (χ3n) is 6.95. The van der Waals surface area contributed by atoms with Crippen LogP contribution in [0.4, 0.5) is 0 Å². The highest BCUT2D eigenvalue weighted by atomic mass is 16.7. The predicted octanol–water partition coefficient (Wildman–Crippen LogP) is 5.20. The highest BCUT2D eigenvalue weighted by Crippen LogP contribution is 2.51. The van der Waals surface area contributed by atoms with E-state index in [-0.39, 0.29) is 31.0 Å². The van der Waals surface area contributed by atoms with Crippen molar-refractivity contribution < 1.29 is 28.4 Å². The Morgan fingerprint density at radius 3 is 2.03 bits per heavy atom. The van der Waals surface area contributed by atoms with Gasteiger partial charge in [-0.1, -0.05) is 27.7 Å². The van der Waals surface area contributed by atoms with Crippen LogP contribution in [0.25, 0.3) is 0 Å². The van der Waals surface area contributed by atoms with Crippen LogP contribution in [0, 0.1) is 24.7 Å². The van der Waals surface area contributed by atoms with E-state index in [4.69, 9.17) is 28.4 Å². The van der Waals surface area contributed by atoms with Gasteiger partial charge in [0, 0.05) is 32.8 Å². The maximum atomic E-state index is 6.15. The quantitative estimate of drug-likeness (QED) is 0.447. The molecule has 0 saturated carbocycles. The first kappa shape index (κ1) is 25.8. The minimum Gasteiger partial charge on any atom is -0.492 e. The average Bonchev–Trinajstić information content (AvgIpc) is 3.20. The van der Waals surface area contributed by atoms with Crippen LogP contribution in [0.15, 0.2) is 6.07 Å². The van der Waals surface area contributed by atoms with Gasteiger partial charge in [-0.15, -0.1) is 0 Å².